The van der Waals surface area contributed by atoms with E-state index in [0.29, 0.717) is 23.6 Å². The molecule has 2 aromatic rings. The van der Waals surface area contributed by atoms with Gasteiger partial charge >= 0.3 is 5.97 Å². The molecule has 0 saturated carbocycles. The summed E-state index contributed by atoms with van der Waals surface area (Å²) in [5.41, 5.74) is 0.414. The summed E-state index contributed by atoms with van der Waals surface area (Å²) >= 11 is 1.62. The highest BCUT2D eigenvalue weighted by Crippen LogP contribution is 2.18. The van der Waals surface area contributed by atoms with E-state index in [0.717, 1.165) is 4.88 Å². The summed E-state index contributed by atoms with van der Waals surface area (Å²) in [7, 11) is 3.16. The zero-order valence-electron chi connectivity index (χ0n) is 14.3. The zero-order chi connectivity index (χ0) is 17.7. The van der Waals surface area contributed by atoms with Crippen molar-refractivity contribution in [3.63, 3.8) is 0 Å². The summed E-state index contributed by atoms with van der Waals surface area (Å²) < 4.78 is 10.3. The molecule has 1 unspecified atom stereocenters. The van der Waals surface area contributed by atoms with Crippen molar-refractivity contribution in [3.8, 4) is 0 Å². The highest BCUT2D eigenvalue weighted by molar-refractivity contribution is 7.10. The van der Waals surface area contributed by atoms with Gasteiger partial charge in [0, 0.05) is 4.88 Å². The molecule has 0 aliphatic rings. The molecule has 6 nitrogen and oxygen atoms in total. The predicted molar refractivity (Wildman–Crippen MR) is 92.0 cm³/mol. The van der Waals surface area contributed by atoms with Gasteiger partial charge in [-0.2, -0.15) is 0 Å². The van der Waals surface area contributed by atoms with Crippen molar-refractivity contribution in [2.75, 3.05) is 20.7 Å². The SMILES string of the molecule is COC(=O)c1cc(CN(C)CC(=O)NC(C)c2cccs2)oc1C. The molecule has 1 atom stereocenters. The van der Waals surface area contributed by atoms with E-state index in [1.807, 2.05) is 36.4 Å². The molecule has 2 aromatic heterocycles. The number of carbonyl (C=O) groups is 2. The van der Waals surface area contributed by atoms with Crippen LogP contribution < -0.4 is 5.32 Å². The minimum absolute atomic E-state index is 0.0114. The topological polar surface area (TPSA) is 71.8 Å². The van der Waals surface area contributed by atoms with Gasteiger partial charge in [0.15, 0.2) is 0 Å². The Bertz CT molecular complexity index is 694. The van der Waals surface area contributed by atoms with E-state index in [4.69, 9.17) is 9.15 Å². The number of ether oxygens (including phenoxy) is 1. The monoisotopic (exact) mass is 350 g/mol. The summed E-state index contributed by atoms with van der Waals surface area (Å²) in [5, 5.41) is 4.96. The molecule has 0 radical (unpaired) electrons. The lowest BCUT2D eigenvalue weighted by Gasteiger charge is -2.17. The Morgan fingerprint density at radius 3 is 2.83 bits per heavy atom. The Labute approximate surface area is 145 Å². The number of hydrogen-bond acceptors (Lipinski definition) is 6. The molecule has 0 aliphatic heterocycles. The number of esters is 1. The van der Waals surface area contributed by atoms with E-state index in [2.05, 4.69) is 5.32 Å². The maximum atomic E-state index is 12.1. The molecule has 24 heavy (non-hydrogen) atoms. The van der Waals surface area contributed by atoms with Crippen LogP contribution in [0.1, 0.15) is 39.7 Å². The predicted octanol–water partition coefficient (Wildman–Crippen LogP) is 2.75. The molecule has 2 heterocycles. The highest BCUT2D eigenvalue weighted by atomic mass is 32.1. The number of thiophene rings is 1. The number of nitrogens with one attached hydrogen (secondary N) is 1. The van der Waals surface area contributed by atoms with E-state index in [1.54, 1.807) is 24.3 Å². The molecule has 2 rings (SSSR count). The lowest BCUT2D eigenvalue weighted by atomic mass is 10.2. The Morgan fingerprint density at radius 1 is 1.46 bits per heavy atom. The molecule has 0 aromatic carbocycles. The molecular formula is C17H22N2O4S. The van der Waals surface area contributed by atoms with Gasteiger partial charge in [0.2, 0.25) is 5.91 Å². The van der Waals surface area contributed by atoms with Crippen molar-refractivity contribution in [1.29, 1.82) is 0 Å². The van der Waals surface area contributed by atoms with Crippen LogP contribution in [0.2, 0.25) is 0 Å². The number of furan rings is 1. The Balaban J connectivity index is 1.87. The van der Waals surface area contributed by atoms with Crippen molar-refractivity contribution in [1.82, 2.24) is 10.2 Å². The largest absolute Gasteiger partial charge is 0.465 e. The van der Waals surface area contributed by atoms with Gasteiger partial charge in [-0.3, -0.25) is 9.69 Å². The average Bonchev–Trinajstić information content (AvgIpc) is 3.16. The zero-order valence-corrected chi connectivity index (χ0v) is 15.1. The third-order valence-corrected chi connectivity index (χ3v) is 4.62. The quantitative estimate of drug-likeness (QED) is 0.778. The first-order valence-corrected chi connectivity index (χ1v) is 8.47. The normalized spacial score (nSPS) is 12.2. The van der Waals surface area contributed by atoms with Crippen LogP contribution in [0.5, 0.6) is 0 Å². The third-order valence-electron chi connectivity index (χ3n) is 3.56. The first kappa shape index (κ1) is 18.2. The first-order chi connectivity index (χ1) is 11.4. The molecule has 0 bridgehead atoms. The molecule has 0 aliphatic carbocycles. The molecule has 0 spiro atoms. The van der Waals surface area contributed by atoms with Gasteiger partial charge in [0.05, 0.1) is 26.2 Å². The second-order valence-corrected chi connectivity index (χ2v) is 6.63. The third kappa shape index (κ3) is 4.69. The van der Waals surface area contributed by atoms with Gasteiger partial charge in [-0.25, -0.2) is 4.79 Å². The van der Waals surface area contributed by atoms with Crippen molar-refractivity contribution in [2.24, 2.45) is 0 Å². The van der Waals surface area contributed by atoms with Gasteiger partial charge in [0.1, 0.15) is 17.1 Å². The van der Waals surface area contributed by atoms with Crippen molar-refractivity contribution < 1.29 is 18.7 Å². The minimum atomic E-state index is -0.423. The lowest BCUT2D eigenvalue weighted by molar-refractivity contribution is -0.122. The van der Waals surface area contributed by atoms with E-state index >= 15 is 0 Å². The number of hydrogen-bond donors (Lipinski definition) is 1. The van der Waals surface area contributed by atoms with E-state index in [-0.39, 0.29) is 18.5 Å². The van der Waals surface area contributed by atoms with Gasteiger partial charge in [0.25, 0.3) is 0 Å². The standard InChI is InChI=1S/C17H22N2O4S/c1-11(15-6-5-7-24-15)18-16(20)10-19(3)9-13-8-14(12(2)23-13)17(21)22-4/h5-8,11H,9-10H2,1-4H3,(H,18,20). The molecule has 1 amide bonds. The molecular weight excluding hydrogens is 328 g/mol. The number of nitrogens with zero attached hydrogens (tertiary/aromatic N) is 1. The molecule has 130 valence electrons. The maximum Gasteiger partial charge on any atom is 0.341 e. The molecule has 7 heteroatoms. The van der Waals surface area contributed by atoms with E-state index in [9.17, 15) is 9.59 Å². The fourth-order valence-corrected chi connectivity index (χ4v) is 3.13. The molecule has 1 N–H and O–H groups in total. The number of amides is 1. The second-order valence-electron chi connectivity index (χ2n) is 5.65. The fraction of sp³-hybridized carbons (Fsp3) is 0.412. The summed E-state index contributed by atoms with van der Waals surface area (Å²) in [6.07, 6.45) is 0. The van der Waals surface area contributed by atoms with Crippen LogP contribution in [0.4, 0.5) is 0 Å². The minimum Gasteiger partial charge on any atom is -0.465 e. The van der Waals surface area contributed by atoms with Crippen LogP contribution >= 0.6 is 11.3 Å². The summed E-state index contributed by atoms with van der Waals surface area (Å²) in [6, 6.07) is 5.61. The van der Waals surface area contributed by atoms with Crippen molar-refractivity contribution in [2.45, 2.75) is 26.4 Å². The van der Waals surface area contributed by atoms with Crippen LogP contribution in [-0.2, 0) is 16.1 Å². The van der Waals surface area contributed by atoms with Crippen LogP contribution in [0.25, 0.3) is 0 Å². The number of likely N-dealkylation sites (N-methyl/N-ethyl adjacent to an activating group) is 1. The van der Waals surface area contributed by atoms with Gasteiger partial charge in [-0.05, 0) is 38.4 Å². The van der Waals surface area contributed by atoms with Crippen LogP contribution in [0.15, 0.2) is 28.0 Å². The fourth-order valence-electron chi connectivity index (χ4n) is 2.40. The van der Waals surface area contributed by atoms with Crippen molar-refractivity contribution >= 4 is 23.2 Å². The Morgan fingerprint density at radius 2 is 2.21 bits per heavy atom. The van der Waals surface area contributed by atoms with Crippen LogP contribution in [0, 0.1) is 6.92 Å². The highest BCUT2D eigenvalue weighted by Gasteiger charge is 2.17. The lowest BCUT2D eigenvalue weighted by Crippen LogP contribution is -2.35. The van der Waals surface area contributed by atoms with Gasteiger partial charge in [-0.1, -0.05) is 6.07 Å². The van der Waals surface area contributed by atoms with Gasteiger partial charge in [-0.15, -0.1) is 11.3 Å². The second kappa shape index (κ2) is 8.12. The van der Waals surface area contributed by atoms with E-state index in [1.165, 1.54) is 7.11 Å². The summed E-state index contributed by atoms with van der Waals surface area (Å²) in [6.45, 7) is 4.34. The number of carbonyl (C=O) groups excluding carboxylic acids is 2. The Hall–Kier alpha value is -2.12. The number of aryl methyl sites for hydroxylation is 1. The number of rotatable bonds is 7. The first-order valence-electron chi connectivity index (χ1n) is 7.59. The average molecular weight is 350 g/mol. The van der Waals surface area contributed by atoms with Crippen molar-refractivity contribution in [3.05, 3.63) is 45.5 Å². The number of methoxy groups -OCH3 is 1. The summed E-state index contributed by atoms with van der Waals surface area (Å²) in [4.78, 5) is 26.7. The van der Waals surface area contributed by atoms with E-state index < -0.39 is 5.97 Å². The smallest absolute Gasteiger partial charge is 0.341 e. The maximum absolute atomic E-state index is 12.1. The molecule has 0 fully saturated rings. The van der Waals surface area contributed by atoms with Crippen LogP contribution in [0.3, 0.4) is 0 Å². The summed E-state index contributed by atoms with van der Waals surface area (Å²) in [5.74, 6) is 0.651. The molecule has 0 saturated heterocycles. The Kier molecular flexibility index (Phi) is 6.16. The van der Waals surface area contributed by atoms with Crippen LogP contribution in [-0.4, -0.2) is 37.5 Å². The van der Waals surface area contributed by atoms with Gasteiger partial charge < -0.3 is 14.5 Å².